The minimum absolute atomic E-state index is 0.134. The van der Waals surface area contributed by atoms with Crippen LogP contribution in [0, 0.1) is 17.8 Å². The number of nitrogen functional groups attached to an aromatic ring is 1. The predicted molar refractivity (Wildman–Crippen MR) is 70.0 cm³/mol. The van der Waals surface area contributed by atoms with Gasteiger partial charge in [0, 0.05) is 12.1 Å². The second-order valence-electron chi connectivity index (χ2n) is 5.29. The summed E-state index contributed by atoms with van der Waals surface area (Å²) in [7, 11) is 0. The first-order valence-electron chi connectivity index (χ1n) is 6.45. The van der Waals surface area contributed by atoms with Gasteiger partial charge in [-0.05, 0) is 54.9 Å². The van der Waals surface area contributed by atoms with Crippen LogP contribution in [0.15, 0.2) is 36.4 Å². The van der Waals surface area contributed by atoms with E-state index in [1.54, 1.807) is 24.3 Å². The lowest BCUT2D eigenvalue weighted by molar-refractivity contribution is -0.135. The van der Waals surface area contributed by atoms with Crippen LogP contribution in [0.4, 0.5) is 5.69 Å². The molecule has 0 aromatic heterocycles. The van der Waals surface area contributed by atoms with Gasteiger partial charge in [-0.3, -0.25) is 4.79 Å². The number of benzene rings is 1. The number of anilines is 1. The maximum Gasteiger partial charge on any atom is 0.311 e. The standard InChI is InChI=1S/C15H17NO2/c16-13-3-5-14(6-4-13)18-15(17)9-12-8-10-1-2-11(12)7-10/h1-6,10-12H,7-9,16H2. The van der Waals surface area contributed by atoms with Crippen molar-refractivity contribution in [3.8, 4) is 5.75 Å². The van der Waals surface area contributed by atoms with Crippen LogP contribution in [0.25, 0.3) is 0 Å². The van der Waals surface area contributed by atoms with Crippen molar-refractivity contribution in [1.82, 2.24) is 0 Å². The summed E-state index contributed by atoms with van der Waals surface area (Å²) < 4.78 is 5.32. The molecule has 94 valence electrons. The lowest BCUT2D eigenvalue weighted by atomic mass is 9.91. The van der Waals surface area contributed by atoms with E-state index in [1.807, 2.05) is 0 Å². The fourth-order valence-corrected chi connectivity index (χ4v) is 3.05. The smallest absolute Gasteiger partial charge is 0.311 e. The highest BCUT2D eigenvalue weighted by Gasteiger charge is 2.36. The Hall–Kier alpha value is -1.77. The second kappa shape index (κ2) is 4.48. The Morgan fingerprint density at radius 1 is 1.22 bits per heavy atom. The number of allylic oxidation sites excluding steroid dienone is 2. The Bertz CT molecular complexity index is 478. The molecule has 1 saturated carbocycles. The number of nitrogens with two attached hydrogens (primary N) is 1. The van der Waals surface area contributed by atoms with E-state index in [1.165, 1.54) is 6.42 Å². The third-order valence-corrected chi connectivity index (χ3v) is 3.96. The molecule has 3 unspecified atom stereocenters. The van der Waals surface area contributed by atoms with Crippen LogP contribution in [0.2, 0.25) is 0 Å². The van der Waals surface area contributed by atoms with Crippen LogP contribution in [0.1, 0.15) is 19.3 Å². The van der Waals surface area contributed by atoms with Crippen LogP contribution in [-0.2, 0) is 4.79 Å². The SMILES string of the molecule is Nc1ccc(OC(=O)CC2CC3C=CC2C3)cc1. The fourth-order valence-electron chi connectivity index (χ4n) is 3.05. The molecule has 0 radical (unpaired) electrons. The molecular formula is C15H17NO2. The molecule has 0 amide bonds. The Labute approximate surface area is 107 Å². The highest BCUT2D eigenvalue weighted by Crippen LogP contribution is 2.44. The van der Waals surface area contributed by atoms with Gasteiger partial charge in [-0.15, -0.1) is 0 Å². The van der Waals surface area contributed by atoms with E-state index in [0.717, 1.165) is 6.42 Å². The zero-order chi connectivity index (χ0) is 12.5. The molecule has 2 N–H and O–H groups in total. The Morgan fingerprint density at radius 3 is 2.61 bits per heavy atom. The summed E-state index contributed by atoms with van der Waals surface area (Å²) in [5.74, 6) is 2.21. The van der Waals surface area contributed by atoms with Crippen LogP contribution < -0.4 is 10.5 Å². The predicted octanol–water partition coefficient (Wildman–Crippen LogP) is 2.78. The molecule has 2 bridgehead atoms. The molecule has 2 aliphatic rings. The van der Waals surface area contributed by atoms with E-state index >= 15 is 0 Å². The molecule has 3 rings (SSSR count). The molecule has 0 heterocycles. The van der Waals surface area contributed by atoms with Gasteiger partial charge < -0.3 is 10.5 Å². The van der Waals surface area contributed by atoms with Gasteiger partial charge in [-0.2, -0.15) is 0 Å². The largest absolute Gasteiger partial charge is 0.427 e. The van der Waals surface area contributed by atoms with Gasteiger partial charge in [0.15, 0.2) is 0 Å². The van der Waals surface area contributed by atoms with Crippen molar-refractivity contribution in [3.05, 3.63) is 36.4 Å². The van der Waals surface area contributed by atoms with Gasteiger partial charge in [0.1, 0.15) is 5.75 Å². The summed E-state index contributed by atoms with van der Waals surface area (Å²) in [5.41, 5.74) is 6.26. The third kappa shape index (κ3) is 2.26. The highest BCUT2D eigenvalue weighted by molar-refractivity contribution is 5.73. The second-order valence-corrected chi connectivity index (χ2v) is 5.29. The quantitative estimate of drug-likeness (QED) is 0.384. The molecule has 3 nitrogen and oxygen atoms in total. The maximum atomic E-state index is 11.9. The average Bonchev–Trinajstić information content (AvgIpc) is 2.94. The number of rotatable bonds is 3. The fraction of sp³-hybridized carbons (Fsp3) is 0.400. The Morgan fingerprint density at radius 2 is 2.00 bits per heavy atom. The monoisotopic (exact) mass is 243 g/mol. The zero-order valence-corrected chi connectivity index (χ0v) is 10.2. The van der Waals surface area contributed by atoms with Crippen molar-refractivity contribution in [2.24, 2.45) is 17.8 Å². The van der Waals surface area contributed by atoms with Crippen LogP contribution >= 0.6 is 0 Å². The lowest BCUT2D eigenvalue weighted by Crippen LogP contribution is -2.17. The van der Waals surface area contributed by atoms with E-state index in [0.29, 0.717) is 35.6 Å². The molecule has 0 saturated heterocycles. The highest BCUT2D eigenvalue weighted by atomic mass is 16.5. The molecular weight excluding hydrogens is 226 g/mol. The molecule has 1 aromatic rings. The van der Waals surface area contributed by atoms with Crippen LogP contribution in [0.5, 0.6) is 5.75 Å². The lowest BCUT2D eigenvalue weighted by Gasteiger charge is -2.16. The zero-order valence-electron chi connectivity index (χ0n) is 10.2. The normalized spacial score (nSPS) is 28.6. The minimum Gasteiger partial charge on any atom is -0.427 e. The van der Waals surface area contributed by atoms with Crippen LogP contribution in [-0.4, -0.2) is 5.97 Å². The third-order valence-electron chi connectivity index (χ3n) is 3.96. The number of ether oxygens (including phenoxy) is 1. The Kier molecular flexibility index (Phi) is 2.82. The number of fused-ring (bicyclic) bond motifs is 2. The summed E-state index contributed by atoms with van der Waals surface area (Å²) in [5, 5.41) is 0. The number of carbonyl (C=O) groups is 1. The average molecular weight is 243 g/mol. The van der Waals surface area contributed by atoms with E-state index in [4.69, 9.17) is 10.5 Å². The van der Waals surface area contributed by atoms with Gasteiger partial charge in [0.2, 0.25) is 0 Å². The van der Waals surface area contributed by atoms with Gasteiger partial charge in [0.05, 0.1) is 0 Å². The van der Waals surface area contributed by atoms with Gasteiger partial charge in [-0.1, -0.05) is 12.2 Å². The minimum atomic E-state index is -0.134. The maximum absolute atomic E-state index is 11.9. The molecule has 1 aromatic carbocycles. The van der Waals surface area contributed by atoms with E-state index in [2.05, 4.69) is 12.2 Å². The van der Waals surface area contributed by atoms with Gasteiger partial charge in [0.25, 0.3) is 0 Å². The van der Waals surface area contributed by atoms with Crippen molar-refractivity contribution in [3.63, 3.8) is 0 Å². The van der Waals surface area contributed by atoms with Crippen molar-refractivity contribution < 1.29 is 9.53 Å². The van der Waals surface area contributed by atoms with E-state index in [9.17, 15) is 4.79 Å². The molecule has 0 aliphatic heterocycles. The summed E-state index contributed by atoms with van der Waals surface area (Å²) in [6, 6.07) is 6.94. The molecule has 0 spiro atoms. The number of hydrogen-bond donors (Lipinski definition) is 1. The van der Waals surface area contributed by atoms with Crippen molar-refractivity contribution in [2.75, 3.05) is 5.73 Å². The number of carbonyl (C=O) groups excluding carboxylic acids is 1. The molecule has 2 aliphatic carbocycles. The molecule has 3 heteroatoms. The van der Waals surface area contributed by atoms with Gasteiger partial charge >= 0.3 is 5.97 Å². The topological polar surface area (TPSA) is 52.3 Å². The Balaban J connectivity index is 1.56. The van der Waals surface area contributed by atoms with E-state index < -0.39 is 0 Å². The summed E-state index contributed by atoms with van der Waals surface area (Å²) in [4.78, 5) is 11.9. The number of hydrogen-bond acceptors (Lipinski definition) is 3. The number of esters is 1. The molecule has 1 fully saturated rings. The first kappa shape index (κ1) is 11.3. The van der Waals surface area contributed by atoms with Crippen molar-refractivity contribution in [1.29, 1.82) is 0 Å². The van der Waals surface area contributed by atoms with Gasteiger partial charge in [-0.25, -0.2) is 0 Å². The first-order valence-corrected chi connectivity index (χ1v) is 6.45. The van der Waals surface area contributed by atoms with Crippen molar-refractivity contribution in [2.45, 2.75) is 19.3 Å². The van der Waals surface area contributed by atoms with Crippen LogP contribution in [0.3, 0.4) is 0 Å². The van der Waals surface area contributed by atoms with E-state index in [-0.39, 0.29) is 5.97 Å². The first-order chi connectivity index (χ1) is 8.70. The summed E-state index contributed by atoms with van der Waals surface area (Å²) in [6.07, 6.45) is 7.43. The molecule has 18 heavy (non-hydrogen) atoms. The van der Waals surface area contributed by atoms with Crippen molar-refractivity contribution >= 4 is 11.7 Å². The molecule has 3 atom stereocenters. The summed E-state index contributed by atoms with van der Waals surface area (Å²) >= 11 is 0. The summed E-state index contributed by atoms with van der Waals surface area (Å²) in [6.45, 7) is 0.